The maximum Gasteiger partial charge on any atom is 0.211 e. The summed E-state index contributed by atoms with van der Waals surface area (Å²) in [6, 6.07) is 0. The molecule has 0 unspecified atom stereocenters. The van der Waals surface area contributed by atoms with Crippen molar-refractivity contribution < 1.29 is 4.43 Å². The first kappa shape index (κ1) is 9.48. The SMILES string of the molecule is C=C[Si](C)(C)OCC#CC. The van der Waals surface area contributed by atoms with E-state index in [1.807, 2.05) is 12.6 Å². The summed E-state index contributed by atoms with van der Waals surface area (Å²) in [5, 5.41) is 0. The molecule has 56 valence electrons. The average Bonchev–Trinajstić information content (AvgIpc) is 1.89. The van der Waals surface area contributed by atoms with Crippen LogP contribution < -0.4 is 0 Å². The minimum atomic E-state index is -1.55. The first-order chi connectivity index (χ1) is 4.62. The van der Waals surface area contributed by atoms with E-state index in [1.165, 1.54) is 0 Å². The summed E-state index contributed by atoms with van der Waals surface area (Å²) in [5.41, 5.74) is 1.91. The summed E-state index contributed by atoms with van der Waals surface area (Å²) in [7, 11) is -1.55. The molecule has 0 aliphatic carbocycles. The van der Waals surface area contributed by atoms with Crippen LogP contribution in [0.25, 0.3) is 0 Å². The molecule has 1 nitrogen and oxygen atoms in total. The van der Waals surface area contributed by atoms with Crippen LogP contribution in [-0.2, 0) is 4.43 Å². The summed E-state index contributed by atoms with van der Waals surface area (Å²) in [5.74, 6) is 5.63. The van der Waals surface area contributed by atoms with Crippen LogP contribution in [0.3, 0.4) is 0 Å². The zero-order valence-electron chi connectivity index (χ0n) is 6.90. The summed E-state index contributed by atoms with van der Waals surface area (Å²) in [4.78, 5) is 0. The van der Waals surface area contributed by atoms with Crippen LogP contribution in [0.5, 0.6) is 0 Å². The maximum absolute atomic E-state index is 5.47. The van der Waals surface area contributed by atoms with Crippen molar-refractivity contribution in [2.45, 2.75) is 20.0 Å². The molecular formula is C8H14OSi. The minimum absolute atomic E-state index is 0.543. The molecule has 0 aromatic carbocycles. The predicted octanol–water partition coefficient (Wildman–Crippen LogP) is 1.96. The van der Waals surface area contributed by atoms with Gasteiger partial charge in [0.25, 0.3) is 0 Å². The molecule has 0 aliphatic rings. The fourth-order valence-electron chi connectivity index (χ4n) is 0.353. The zero-order valence-corrected chi connectivity index (χ0v) is 7.90. The Labute approximate surface area is 64.2 Å². The number of hydrogen-bond acceptors (Lipinski definition) is 1. The van der Waals surface area contributed by atoms with E-state index in [0.29, 0.717) is 6.61 Å². The molecule has 0 N–H and O–H groups in total. The van der Waals surface area contributed by atoms with Crippen molar-refractivity contribution in [2.75, 3.05) is 6.61 Å². The van der Waals surface area contributed by atoms with Crippen molar-refractivity contribution in [1.29, 1.82) is 0 Å². The van der Waals surface area contributed by atoms with E-state index in [2.05, 4.69) is 31.5 Å². The molecule has 0 aliphatic heterocycles. The highest BCUT2D eigenvalue weighted by Crippen LogP contribution is 2.03. The Morgan fingerprint density at radius 1 is 1.60 bits per heavy atom. The van der Waals surface area contributed by atoms with Crippen molar-refractivity contribution in [3.05, 3.63) is 12.3 Å². The Bertz CT molecular complexity index is 162. The smallest absolute Gasteiger partial charge is 0.211 e. The largest absolute Gasteiger partial charge is 0.403 e. The number of rotatable bonds is 3. The fraction of sp³-hybridized carbons (Fsp3) is 0.500. The molecule has 2 heteroatoms. The highest BCUT2D eigenvalue weighted by molar-refractivity contribution is 6.76. The van der Waals surface area contributed by atoms with Crippen molar-refractivity contribution >= 4 is 8.32 Å². The molecule has 0 amide bonds. The van der Waals surface area contributed by atoms with Gasteiger partial charge in [0.15, 0.2) is 0 Å². The van der Waals surface area contributed by atoms with Crippen LogP contribution in [0.2, 0.25) is 13.1 Å². The molecule has 10 heavy (non-hydrogen) atoms. The first-order valence-corrected chi connectivity index (χ1v) is 6.28. The maximum atomic E-state index is 5.47. The second-order valence-corrected chi connectivity index (χ2v) is 6.43. The van der Waals surface area contributed by atoms with E-state index in [0.717, 1.165) is 0 Å². The molecule has 0 aromatic rings. The molecule has 0 bridgehead atoms. The van der Waals surface area contributed by atoms with Gasteiger partial charge in [-0.05, 0) is 20.0 Å². The molecule has 0 aromatic heterocycles. The van der Waals surface area contributed by atoms with Crippen molar-refractivity contribution in [1.82, 2.24) is 0 Å². The van der Waals surface area contributed by atoms with Gasteiger partial charge in [-0.3, -0.25) is 0 Å². The van der Waals surface area contributed by atoms with E-state index in [1.54, 1.807) is 0 Å². The van der Waals surface area contributed by atoms with Crippen molar-refractivity contribution in [3.63, 3.8) is 0 Å². The molecule has 0 saturated heterocycles. The van der Waals surface area contributed by atoms with Crippen LogP contribution in [0.4, 0.5) is 0 Å². The van der Waals surface area contributed by atoms with Gasteiger partial charge < -0.3 is 4.43 Å². The minimum Gasteiger partial charge on any atom is -0.403 e. The van der Waals surface area contributed by atoms with Gasteiger partial charge in [-0.25, -0.2) is 0 Å². The topological polar surface area (TPSA) is 9.23 Å². The molecule has 0 atom stereocenters. The van der Waals surface area contributed by atoms with Crippen LogP contribution in [-0.4, -0.2) is 14.9 Å². The van der Waals surface area contributed by atoms with E-state index in [-0.39, 0.29) is 0 Å². The fourth-order valence-corrected chi connectivity index (χ4v) is 0.915. The first-order valence-electron chi connectivity index (χ1n) is 3.29. The predicted molar refractivity (Wildman–Crippen MR) is 47.1 cm³/mol. The third-order valence-electron chi connectivity index (χ3n) is 1.18. The molecule has 0 spiro atoms. The van der Waals surface area contributed by atoms with Gasteiger partial charge in [-0.2, -0.15) is 0 Å². The summed E-state index contributed by atoms with van der Waals surface area (Å²) < 4.78 is 5.47. The monoisotopic (exact) mass is 154 g/mol. The lowest BCUT2D eigenvalue weighted by Crippen LogP contribution is -2.27. The quantitative estimate of drug-likeness (QED) is 0.446. The molecule has 0 fully saturated rings. The van der Waals surface area contributed by atoms with Crippen molar-refractivity contribution in [2.24, 2.45) is 0 Å². The van der Waals surface area contributed by atoms with E-state index in [4.69, 9.17) is 4.43 Å². The highest BCUT2D eigenvalue weighted by atomic mass is 28.4. The molecule has 0 heterocycles. The van der Waals surface area contributed by atoms with Gasteiger partial charge in [0.2, 0.25) is 8.32 Å². The van der Waals surface area contributed by atoms with Gasteiger partial charge in [0, 0.05) is 0 Å². The van der Waals surface area contributed by atoms with E-state index in [9.17, 15) is 0 Å². The van der Waals surface area contributed by atoms with Crippen LogP contribution in [0.1, 0.15) is 6.92 Å². The third-order valence-corrected chi connectivity index (χ3v) is 3.06. The van der Waals surface area contributed by atoms with Gasteiger partial charge in [-0.1, -0.05) is 11.6 Å². The molecule has 0 radical (unpaired) electrons. The molecular weight excluding hydrogens is 140 g/mol. The summed E-state index contributed by atoms with van der Waals surface area (Å²) >= 11 is 0. The Balaban J connectivity index is 3.63. The summed E-state index contributed by atoms with van der Waals surface area (Å²) in [6.07, 6.45) is 0. The van der Waals surface area contributed by atoms with Gasteiger partial charge >= 0.3 is 0 Å². The Morgan fingerprint density at radius 2 is 2.20 bits per heavy atom. The lowest BCUT2D eigenvalue weighted by Gasteiger charge is -2.15. The van der Waals surface area contributed by atoms with Crippen LogP contribution in [0, 0.1) is 11.8 Å². The second-order valence-electron chi connectivity index (χ2n) is 2.52. The third kappa shape index (κ3) is 4.36. The van der Waals surface area contributed by atoms with E-state index >= 15 is 0 Å². The molecule has 0 rings (SSSR count). The average molecular weight is 154 g/mol. The van der Waals surface area contributed by atoms with Crippen molar-refractivity contribution in [3.8, 4) is 11.8 Å². The standard InChI is InChI=1S/C8H14OSi/c1-5-7-8-9-10(3,4)6-2/h6H,2,8H2,1,3-4H3. The lowest BCUT2D eigenvalue weighted by atomic mass is 10.6. The highest BCUT2D eigenvalue weighted by Gasteiger charge is 2.15. The normalized spacial score (nSPS) is 9.90. The van der Waals surface area contributed by atoms with Gasteiger partial charge in [-0.15, -0.1) is 12.5 Å². The van der Waals surface area contributed by atoms with E-state index < -0.39 is 8.32 Å². The Morgan fingerprint density at radius 3 is 2.60 bits per heavy atom. The van der Waals surface area contributed by atoms with Crippen LogP contribution in [0.15, 0.2) is 12.3 Å². The second kappa shape index (κ2) is 4.32. The molecule has 0 saturated carbocycles. The van der Waals surface area contributed by atoms with Crippen LogP contribution >= 0.6 is 0 Å². The lowest BCUT2D eigenvalue weighted by molar-refractivity contribution is 0.369. The summed E-state index contributed by atoms with van der Waals surface area (Å²) in [6.45, 7) is 10.2. The number of hydrogen-bond donors (Lipinski definition) is 0. The van der Waals surface area contributed by atoms with Gasteiger partial charge in [0.05, 0.1) is 6.61 Å². The Kier molecular flexibility index (Phi) is 4.09. The van der Waals surface area contributed by atoms with Gasteiger partial charge in [0.1, 0.15) is 0 Å². The zero-order chi connectivity index (χ0) is 8.04. The Hall–Kier alpha value is -0.523.